The molecule has 0 heterocycles. The first-order chi connectivity index (χ1) is 1.91. The summed E-state index contributed by atoms with van der Waals surface area (Å²) in [4.78, 5) is 0. The molecular weight excluding hydrogens is 217 g/mol. The summed E-state index contributed by atoms with van der Waals surface area (Å²) in [7, 11) is 0. The second-order valence-corrected chi connectivity index (χ2v) is 1.90. The molecule has 0 aromatic heterocycles. The van der Waals surface area contributed by atoms with Gasteiger partial charge in [-0.05, 0) is 0 Å². The maximum absolute atomic E-state index is 2.24. The fourth-order valence-corrected chi connectivity index (χ4v) is 0. The quantitative estimate of drug-likeness (QED) is 0.615. The van der Waals surface area contributed by atoms with E-state index < -0.39 is 0 Å². The monoisotopic (exact) mass is 223 g/mol. The van der Waals surface area contributed by atoms with Crippen LogP contribution in [-0.4, -0.2) is 4.23 Å². The van der Waals surface area contributed by atoms with Crippen LogP contribution in [0.25, 0.3) is 0 Å². The molecule has 0 saturated carbocycles. The Bertz CT molecular complexity index is 17.2. The van der Waals surface area contributed by atoms with Crippen LogP contribution in [0, 0.1) is 0 Å². The first-order valence-corrected chi connectivity index (χ1v) is 3.23. The van der Waals surface area contributed by atoms with E-state index >= 15 is 0 Å². The molecule has 0 aromatic carbocycles. The van der Waals surface area contributed by atoms with Gasteiger partial charge in [-0.25, -0.2) is 0 Å². The zero-order chi connectivity index (χ0) is 3.41. The van der Waals surface area contributed by atoms with Gasteiger partial charge < -0.3 is 0 Å². The molecule has 0 aromatic rings. The van der Waals surface area contributed by atoms with Gasteiger partial charge in [-0.1, -0.05) is 0 Å². The van der Waals surface area contributed by atoms with Gasteiger partial charge in [0, 0.05) is 0 Å². The minimum absolute atomic E-state index is 1.24. The number of rotatable bonds is 1. The van der Waals surface area contributed by atoms with E-state index in [1.54, 1.807) is 0 Å². The van der Waals surface area contributed by atoms with Crippen molar-refractivity contribution in [1.82, 2.24) is 0 Å². The van der Waals surface area contributed by atoms with Crippen molar-refractivity contribution in [1.29, 1.82) is 0 Å². The summed E-state index contributed by atoms with van der Waals surface area (Å²) in [6, 6.07) is 0. The normalized spacial score (nSPS) is 6.00. The van der Waals surface area contributed by atoms with Crippen molar-refractivity contribution in [3.63, 3.8) is 0 Å². The van der Waals surface area contributed by atoms with Crippen molar-refractivity contribution in [3.8, 4) is 0 Å². The third-order valence-electron chi connectivity index (χ3n) is 0.183. The van der Waals surface area contributed by atoms with Crippen molar-refractivity contribution in [2.45, 2.75) is 13.3 Å². The molecule has 0 atom stereocenters. The SMILES string of the molecule is CC[CH]=[Ta]. The summed E-state index contributed by atoms with van der Waals surface area (Å²) >= 11 is 1.42. The summed E-state index contributed by atoms with van der Waals surface area (Å²) in [5.41, 5.74) is 0. The van der Waals surface area contributed by atoms with Crippen molar-refractivity contribution in [2.24, 2.45) is 0 Å². The molecule has 0 nitrogen and oxygen atoms in total. The number of hydrogen-bond acceptors (Lipinski definition) is 0. The van der Waals surface area contributed by atoms with E-state index in [9.17, 15) is 0 Å². The number of hydrogen-bond donors (Lipinski definition) is 0. The second kappa shape index (κ2) is 3.61. The Kier molecular flexibility index (Phi) is 4.16. The van der Waals surface area contributed by atoms with Crippen LogP contribution in [0.2, 0.25) is 0 Å². The Morgan fingerprint density at radius 3 is 2.25 bits per heavy atom. The molecular formula is C3H6Ta. The van der Waals surface area contributed by atoms with Gasteiger partial charge in [-0.3, -0.25) is 0 Å². The van der Waals surface area contributed by atoms with Crippen LogP contribution < -0.4 is 0 Å². The predicted octanol–water partition coefficient (Wildman–Crippen LogP) is 0.745. The third kappa shape index (κ3) is 2.61. The first-order valence-electron chi connectivity index (χ1n) is 1.37. The van der Waals surface area contributed by atoms with Gasteiger partial charge in [-0.15, -0.1) is 0 Å². The molecule has 1 heteroatoms. The van der Waals surface area contributed by atoms with Crippen LogP contribution >= 0.6 is 0 Å². The fourth-order valence-electron chi connectivity index (χ4n) is 0. The summed E-state index contributed by atoms with van der Waals surface area (Å²) in [5, 5.41) is 0. The van der Waals surface area contributed by atoms with Gasteiger partial charge >= 0.3 is 38.2 Å². The summed E-state index contributed by atoms with van der Waals surface area (Å²) in [5.74, 6) is 0. The molecule has 0 saturated heterocycles. The Labute approximate surface area is 38.6 Å². The molecule has 0 aliphatic rings. The summed E-state index contributed by atoms with van der Waals surface area (Å²) in [6.45, 7) is 2.15. The molecule has 23 valence electrons. The van der Waals surface area contributed by atoms with Gasteiger partial charge in [0.1, 0.15) is 0 Å². The Morgan fingerprint density at radius 2 is 2.25 bits per heavy atom. The van der Waals surface area contributed by atoms with E-state index in [-0.39, 0.29) is 0 Å². The summed E-state index contributed by atoms with van der Waals surface area (Å²) in [6.07, 6.45) is 1.24. The van der Waals surface area contributed by atoms with Crippen molar-refractivity contribution >= 4 is 4.23 Å². The van der Waals surface area contributed by atoms with Crippen LogP contribution in [0.1, 0.15) is 13.3 Å². The Balaban J connectivity index is 2.30. The Hall–Kier alpha value is 0.610. The van der Waals surface area contributed by atoms with E-state index in [4.69, 9.17) is 0 Å². The van der Waals surface area contributed by atoms with Crippen LogP contribution in [0.5, 0.6) is 0 Å². The molecule has 0 unspecified atom stereocenters. The minimum atomic E-state index is 1.24. The molecule has 0 aliphatic carbocycles. The molecule has 0 rings (SSSR count). The molecule has 0 fully saturated rings. The van der Waals surface area contributed by atoms with Gasteiger partial charge in [0.15, 0.2) is 0 Å². The second-order valence-electron chi connectivity index (χ2n) is 0.591. The molecule has 4 heavy (non-hydrogen) atoms. The van der Waals surface area contributed by atoms with Crippen molar-refractivity contribution in [3.05, 3.63) is 0 Å². The van der Waals surface area contributed by atoms with Crippen molar-refractivity contribution in [2.75, 3.05) is 0 Å². The van der Waals surface area contributed by atoms with Gasteiger partial charge in [0.25, 0.3) is 0 Å². The summed E-state index contributed by atoms with van der Waals surface area (Å²) < 4.78 is 2.24. The zero-order valence-corrected chi connectivity index (χ0v) is 5.95. The average Bonchev–Trinajstić information content (AvgIpc) is 1.37. The molecule has 0 radical (unpaired) electrons. The topological polar surface area (TPSA) is 0 Å². The maximum atomic E-state index is 2.24. The standard InChI is InChI=1S/C3H6.Ta/c1-3-2;/h1H,3H2,2H3;. The molecule has 0 spiro atoms. The van der Waals surface area contributed by atoms with Gasteiger partial charge in [0.05, 0.1) is 0 Å². The van der Waals surface area contributed by atoms with E-state index in [2.05, 4.69) is 11.1 Å². The van der Waals surface area contributed by atoms with Crippen LogP contribution in [0.15, 0.2) is 0 Å². The molecule has 0 N–H and O–H groups in total. The van der Waals surface area contributed by atoms with E-state index in [0.717, 1.165) is 0 Å². The Morgan fingerprint density at radius 1 is 2.00 bits per heavy atom. The van der Waals surface area contributed by atoms with Gasteiger partial charge in [0.2, 0.25) is 0 Å². The van der Waals surface area contributed by atoms with E-state index in [1.807, 2.05) is 0 Å². The molecule has 0 amide bonds. The van der Waals surface area contributed by atoms with Crippen LogP contribution in [0.4, 0.5) is 0 Å². The predicted molar refractivity (Wildman–Crippen MR) is 16.4 cm³/mol. The zero-order valence-electron chi connectivity index (χ0n) is 2.73. The molecule has 0 aliphatic heterocycles. The fraction of sp³-hybridized carbons (Fsp3) is 0.667. The van der Waals surface area contributed by atoms with Crippen LogP contribution in [-0.2, 0) is 20.6 Å². The van der Waals surface area contributed by atoms with Crippen LogP contribution in [0.3, 0.4) is 0 Å². The third-order valence-corrected chi connectivity index (χ3v) is 1.49. The van der Waals surface area contributed by atoms with Crippen molar-refractivity contribution < 1.29 is 20.6 Å². The average molecular weight is 223 g/mol. The van der Waals surface area contributed by atoms with E-state index in [0.29, 0.717) is 0 Å². The first kappa shape index (κ1) is 4.61. The van der Waals surface area contributed by atoms with Gasteiger partial charge in [-0.2, -0.15) is 0 Å². The van der Waals surface area contributed by atoms with E-state index in [1.165, 1.54) is 27.0 Å². The molecule has 0 bridgehead atoms.